The fourth-order valence-corrected chi connectivity index (χ4v) is 2.81. The van der Waals surface area contributed by atoms with E-state index in [0.717, 1.165) is 18.2 Å². The molecule has 1 aliphatic rings. The average molecular weight is 398 g/mol. The molecule has 0 aromatic heterocycles. The first-order chi connectivity index (χ1) is 14.8. The van der Waals surface area contributed by atoms with Gasteiger partial charge in [-0.2, -0.15) is 0 Å². The van der Waals surface area contributed by atoms with Crippen molar-refractivity contribution in [1.29, 1.82) is 0 Å². The van der Waals surface area contributed by atoms with E-state index in [-0.39, 0.29) is 19.4 Å². The minimum atomic E-state index is -1.93. The van der Waals surface area contributed by atoms with Crippen LogP contribution in [-0.2, 0) is 32.1 Å². The van der Waals surface area contributed by atoms with Crippen LogP contribution in [0.25, 0.3) is 0 Å². The lowest BCUT2D eigenvalue weighted by Crippen LogP contribution is -2.54. The van der Waals surface area contributed by atoms with Gasteiger partial charge in [0.2, 0.25) is 5.91 Å². The highest BCUT2D eigenvalue weighted by atomic mass is 16.5. The predicted molar refractivity (Wildman–Crippen MR) is 106 cm³/mol. The number of ether oxygens (including phenoxy) is 2. The van der Waals surface area contributed by atoms with Gasteiger partial charge in [0.15, 0.2) is 0 Å². The van der Waals surface area contributed by atoms with Crippen LogP contribution in [0.2, 0.25) is 0 Å². The van der Waals surface area contributed by atoms with Crippen LogP contribution in [-0.4, -0.2) is 36.7 Å². The van der Waals surface area contributed by atoms with Crippen molar-refractivity contribution in [3.05, 3.63) is 71.8 Å². The summed E-state index contributed by atoms with van der Waals surface area (Å²) >= 11 is 0. The first-order valence-electron chi connectivity index (χ1n) is 10.2. The van der Waals surface area contributed by atoms with Gasteiger partial charge >= 0.3 is 12.1 Å². The zero-order valence-corrected chi connectivity index (χ0v) is 16.0. The standard InChI is InChI=1S/C22H24N2O5/c1-28-20(26)22(12-13-22)24-19(25)18(14-16-8-4-2-5-9-16)23-21(27)29-15-17-10-6-3-7-11-17/h2-11,18H,12-15H2,1H3,(H,23,27)(H,24,25)/t18-/m0/s1/i12D2/t18-,22+. The monoisotopic (exact) mass is 398 g/mol. The predicted octanol–water partition coefficient (Wildman–Crippen LogP) is 2.35. The molecule has 0 unspecified atom stereocenters. The minimum Gasteiger partial charge on any atom is -0.467 e. The summed E-state index contributed by atoms with van der Waals surface area (Å²) < 4.78 is 25.7. The highest BCUT2D eigenvalue weighted by molar-refractivity contribution is 5.93. The molecule has 3 rings (SSSR count). The summed E-state index contributed by atoms with van der Waals surface area (Å²) in [6.45, 7) is 0.0288. The number of hydrogen-bond acceptors (Lipinski definition) is 5. The lowest BCUT2D eigenvalue weighted by Gasteiger charge is -2.22. The Morgan fingerprint density at radius 2 is 1.66 bits per heavy atom. The van der Waals surface area contributed by atoms with Gasteiger partial charge in [-0.25, -0.2) is 9.59 Å². The summed E-state index contributed by atoms with van der Waals surface area (Å²) in [5, 5.41) is 4.97. The van der Waals surface area contributed by atoms with Crippen LogP contribution >= 0.6 is 0 Å². The second kappa shape index (κ2) is 9.23. The van der Waals surface area contributed by atoms with Crippen LogP contribution < -0.4 is 10.6 Å². The number of alkyl carbamates (subject to hydrolysis) is 1. The molecule has 2 amide bonds. The topological polar surface area (TPSA) is 93.7 Å². The molecule has 2 atom stereocenters. The van der Waals surface area contributed by atoms with Gasteiger partial charge in [-0.05, 0) is 23.9 Å². The number of esters is 1. The third-order valence-electron chi connectivity index (χ3n) is 4.50. The van der Waals surface area contributed by atoms with Gasteiger partial charge in [0.25, 0.3) is 0 Å². The fourth-order valence-electron chi connectivity index (χ4n) is 2.81. The normalized spacial score (nSPS) is 21.0. The zero-order chi connectivity index (χ0) is 22.5. The molecule has 7 nitrogen and oxygen atoms in total. The quantitative estimate of drug-likeness (QED) is 0.666. The summed E-state index contributed by atoms with van der Waals surface area (Å²) in [6.07, 6.45) is -2.80. The van der Waals surface area contributed by atoms with Gasteiger partial charge in [0.05, 0.1) is 7.11 Å². The molecule has 0 radical (unpaired) electrons. The molecule has 0 aliphatic heterocycles. The van der Waals surface area contributed by atoms with Crippen molar-refractivity contribution in [2.45, 2.75) is 37.4 Å². The van der Waals surface area contributed by atoms with E-state index in [0.29, 0.717) is 0 Å². The van der Waals surface area contributed by atoms with Crippen LogP contribution in [0.15, 0.2) is 60.7 Å². The Bertz CT molecular complexity index is 939. The van der Waals surface area contributed by atoms with Crippen molar-refractivity contribution in [1.82, 2.24) is 10.6 Å². The molecule has 0 heterocycles. The molecule has 7 heteroatoms. The summed E-state index contributed by atoms with van der Waals surface area (Å²) in [5.41, 5.74) is -0.196. The van der Waals surface area contributed by atoms with Crippen LogP contribution in [0.5, 0.6) is 0 Å². The maximum atomic E-state index is 13.0. The Kier molecular flexibility index (Phi) is 5.64. The van der Waals surface area contributed by atoms with Crippen molar-refractivity contribution in [3.8, 4) is 0 Å². The molecule has 0 saturated heterocycles. The Hall–Kier alpha value is -3.35. The Balaban J connectivity index is 1.70. The molecule has 0 bridgehead atoms. The molecule has 29 heavy (non-hydrogen) atoms. The van der Waals surface area contributed by atoms with Crippen molar-refractivity contribution in [2.75, 3.05) is 7.11 Å². The lowest BCUT2D eigenvalue weighted by atomic mass is 10.0. The van der Waals surface area contributed by atoms with Crippen LogP contribution in [0.1, 0.15) is 26.7 Å². The second-order valence-corrected chi connectivity index (χ2v) is 6.69. The average Bonchev–Trinajstić information content (AvgIpc) is 3.33. The van der Waals surface area contributed by atoms with E-state index in [9.17, 15) is 14.4 Å². The zero-order valence-electron chi connectivity index (χ0n) is 18.0. The summed E-state index contributed by atoms with van der Waals surface area (Å²) in [6, 6.07) is 17.0. The van der Waals surface area contributed by atoms with Gasteiger partial charge in [0.1, 0.15) is 18.2 Å². The Morgan fingerprint density at radius 3 is 2.21 bits per heavy atom. The number of methoxy groups -OCH3 is 1. The lowest BCUT2D eigenvalue weighted by molar-refractivity contribution is -0.146. The fraction of sp³-hybridized carbons (Fsp3) is 0.318. The molecular weight excluding hydrogens is 372 g/mol. The van der Waals surface area contributed by atoms with Gasteiger partial charge in [0, 0.05) is 9.16 Å². The summed E-state index contributed by atoms with van der Waals surface area (Å²) in [4.78, 5) is 37.4. The molecule has 152 valence electrons. The summed E-state index contributed by atoms with van der Waals surface area (Å²) in [7, 11) is 1.13. The van der Waals surface area contributed by atoms with Crippen molar-refractivity contribution in [3.63, 3.8) is 0 Å². The maximum absolute atomic E-state index is 13.0. The maximum Gasteiger partial charge on any atom is 0.408 e. The molecule has 2 aromatic rings. The van der Waals surface area contributed by atoms with Crippen LogP contribution in [0, 0.1) is 0 Å². The highest BCUT2D eigenvalue weighted by Gasteiger charge is 2.53. The summed E-state index contributed by atoms with van der Waals surface area (Å²) in [5.74, 6) is -1.57. The van der Waals surface area contributed by atoms with Crippen molar-refractivity contribution >= 4 is 18.0 Å². The Labute approximate surface area is 172 Å². The second-order valence-electron chi connectivity index (χ2n) is 6.69. The smallest absolute Gasteiger partial charge is 0.408 e. The van der Waals surface area contributed by atoms with Gasteiger partial charge in [-0.3, -0.25) is 4.79 Å². The van der Waals surface area contributed by atoms with Gasteiger partial charge in [-0.15, -0.1) is 0 Å². The van der Waals surface area contributed by atoms with Crippen LogP contribution in [0.3, 0.4) is 0 Å². The van der Waals surface area contributed by atoms with E-state index in [2.05, 4.69) is 15.4 Å². The Morgan fingerprint density at radius 1 is 1.07 bits per heavy atom. The van der Waals surface area contributed by atoms with Crippen molar-refractivity contribution in [2.24, 2.45) is 0 Å². The van der Waals surface area contributed by atoms with Crippen molar-refractivity contribution < 1.29 is 26.6 Å². The molecule has 1 saturated carbocycles. The van der Waals surface area contributed by atoms with E-state index >= 15 is 0 Å². The van der Waals surface area contributed by atoms with Gasteiger partial charge < -0.3 is 20.1 Å². The third-order valence-corrected chi connectivity index (χ3v) is 4.50. The largest absolute Gasteiger partial charge is 0.467 e. The SMILES string of the molecule is [2H]C1([2H])C[C@@]1(NC(=O)[C@H](Cc1ccccc1)NC(=O)OCc1ccccc1)C(=O)OC. The number of nitrogens with one attached hydrogen (secondary N) is 2. The van der Waals surface area contributed by atoms with Crippen LogP contribution in [0.4, 0.5) is 4.79 Å². The minimum absolute atomic E-state index is 0.0288. The molecule has 1 fully saturated rings. The number of amides is 2. The van der Waals surface area contributed by atoms with Gasteiger partial charge in [-0.1, -0.05) is 60.7 Å². The first kappa shape index (κ1) is 17.7. The molecule has 2 aromatic carbocycles. The first-order valence-corrected chi connectivity index (χ1v) is 9.19. The van der Waals surface area contributed by atoms with E-state index in [4.69, 9.17) is 7.48 Å². The molecule has 1 aliphatic carbocycles. The van der Waals surface area contributed by atoms with E-state index in [1.165, 1.54) is 0 Å². The third kappa shape index (κ3) is 5.57. The number of benzene rings is 2. The number of hydrogen-bond donors (Lipinski definition) is 2. The molecular formula is C22H24N2O5. The molecule has 0 spiro atoms. The van der Waals surface area contributed by atoms with E-state index in [1.54, 1.807) is 36.4 Å². The van der Waals surface area contributed by atoms with E-state index < -0.39 is 35.9 Å². The highest BCUT2D eigenvalue weighted by Crippen LogP contribution is 2.36. The van der Waals surface area contributed by atoms with E-state index in [1.807, 2.05) is 24.3 Å². The molecule has 2 N–H and O–H groups in total. The number of rotatable bonds is 8. The number of carbonyl (C=O) groups excluding carboxylic acids is 3. The number of carbonyl (C=O) groups is 3.